The number of nitrogens with zero attached hydrogens (tertiary/aromatic N) is 1. The number of carbonyl (C=O) groups excluding carboxylic acids is 3. The molecular weight excluding hydrogens is 609 g/mol. The SMILES string of the molecule is COCCOc1ccc(C2NC(=O)N(C(Cc3ccccc3)C(=O)Nc3ccc(I)cc3Cl)C2=O)cc1. The van der Waals surface area contributed by atoms with Gasteiger partial charge in [0, 0.05) is 17.1 Å². The lowest BCUT2D eigenvalue weighted by Gasteiger charge is -2.25. The normalized spacial score (nSPS) is 15.9. The van der Waals surface area contributed by atoms with Crippen LogP contribution in [0.15, 0.2) is 72.8 Å². The summed E-state index contributed by atoms with van der Waals surface area (Å²) < 4.78 is 11.5. The number of ether oxygens (including phenoxy) is 2. The van der Waals surface area contributed by atoms with Crippen molar-refractivity contribution in [3.63, 3.8) is 0 Å². The van der Waals surface area contributed by atoms with Crippen LogP contribution in [0.2, 0.25) is 5.02 Å². The molecule has 1 heterocycles. The van der Waals surface area contributed by atoms with E-state index in [1.807, 2.05) is 30.3 Å². The van der Waals surface area contributed by atoms with Gasteiger partial charge in [0.05, 0.1) is 17.3 Å². The van der Waals surface area contributed by atoms with Gasteiger partial charge in [-0.25, -0.2) is 9.69 Å². The lowest BCUT2D eigenvalue weighted by Crippen LogP contribution is -2.49. The number of rotatable bonds is 10. The summed E-state index contributed by atoms with van der Waals surface area (Å²) in [5.41, 5.74) is 1.79. The summed E-state index contributed by atoms with van der Waals surface area (Å²) in [6.07, 6.45) is 0.146. The van der Waals surface area contributed by atoms with E-state index in [0.29, 0.717) is 35.2 Å². The zero-order valence-corrected chi connectivity index (χ0v) is 22.9. The second-order valence-corrected chi connectivity index (χ2v) is 9.97. The summed E-state index contributed by atoms with van der Waals surface area (Å²) in [5.74, 6) is -0.411. The van der Waals surface area contributed by atoms with Gasteiger partial charge in [-0.05, 0) is 64.0 Å². The van der Waals surface area contributed by atoms with Crippen molar-refractivity contribution in [2.24, 2.45) is 0 Å². The first-order valence-corrected chi connectivity index (χ1v) is 13.0. The summed E-state index contributed by atoms with van der Waals surface area (Å²) in [4.78, 5) is 41.0. The summed E-state index contributed by atoms with van der Waals surface area (Å²) in [5, 5.41) is 5.87. The van der Waals surface area contributed by atoms with E-state index in [0.717, 1.165) is 14.0 Å². The Balaban J connectivity index is 1.57. The van der Waals surface area contributed by atoms with Gasteiger partial charge in [-0.15, -0.1) is 0 Å². The lowest BCUT2D eigenvalue weighted by atomic mass is 10.0. The van der Waals surface area contributed by atoms with Crippen molar-refractivity contribution < 1.29 is 23.9 Å². The second kappa shape index (κ2) is 12.4. The van der Waals surface area contributed by atoms with Gasteiger partial charge < -0.3 is 20.1 Å². The van der Waals surface area contributed by atoms with Crippen LogP contribution in [0.25, 0.3) is 0 Å². The predicted molar refractivity (Wildman–Crippen MR) is 149 cm³/mol. The molecule has 1 aliphatic rings. The van der Waals surface area contributed by atoms with E-state index in [9.17, 15) is 14.4 Å². The number of imide groups is 1. The Morgan fingerprint density at radius 1 is 1.08 bits per heavy atom. The molecule has 4 amide bonds. The van der Waals surface area contributed by atoms with E-state index in [4.69, 9.17) is 21.1 Å². The molecule has 2 unspecified atom stereocenters. The maximum absolute atomic E-state index is 13.5. The largest absolute Gasteiger partial charge is 0.491 e. The molecule has 3 aromatic carbocycles. The molecular formula is C27H25ClIN3O5. The van der Waals surface area contributed by atoms with Gasteiger partial charge in [-0.3, -0.25) is 9.59 Å². The van der Waals surface area contributed by atoms with Crippen molar-refractivity contribution in [3.05, 3.63) is 92.5 Å². The molecule has 1 saturated heterocycles. The number of amides is 4. The number of hydrogen-bond acceptors (Lipinski definition) is 5. The zero-order chi connectivity index (χ0) is 26.4. The average molecular weight is 634 g/mol. The minimum Gasteiger partial charge on any atom is -0.491 e. The standard InChI is InChI=1S/C27H25ClIN3O5/c1-36-13-14-37-20-10-7-18(8-11-20)24-26(34)32(27(35)31-24)23(15-17-5-3-2-4-6-17)25(33)30-22-12-9-19(29)16-21(22)28/h2-12,16,23-24H,13-15H2,1H3,(H,30,33)(H,31,35). The highest BCUT2D eigenvalue weighted by molar-refractivity contribution is 14.1. The highest BCUT2D eigenvalue weighted by atomic mass is 127. The molecule has 0 bridgehead atoms. The Morgan fingerprint density at radius 3 is 2.49 bits per heavy atom. The monoisotopic (exact) mass is 633 g/mol. The molecule has 4 rings (SSSR count). The first kappa shape index (κ1) is 26.9. The quantitative estimate of drug-likeness (QED) is 0.190. The van der Waals surface area contributed by atoms with Crippen LogP contribution in [0.4, 0.5) is 10.5 Å². The Hall–Kier alpha value is -3.15. The third-order valence-corrected chi connectivity index (χ3v) is 6.80. The van der Waals surface area contributed by atoms with Crippen molar-refractivity contribution >= 4 is 57.7 Å². The predicted octanol–water partition coefficient (Wildman–Crippen LogP) is 4.81. The van der Waals surface area contributed by atoms with Gasteiger partial charge in [0.1, 0.15) is 24.4 Å². The van der Waals surface area contributed by atoms with Crippen molar-refractivity contribution in [1.82, 2.24) is 10.2 Å². The smallest absolute Gasteiger partial charge is 0.325 e. The van der Waals surface area contributed by atoms with E-state index >= 15 is 0 Å². The van der Waals surface area contributed by atoms with Crippen LogP contribution >= 0.6 is 34.2 Å². The summed E-state index contributed by atoms with van der Waals surface area (Å²) in [6.45, 7) is 0.843. The molecule has 2 N–H and O–H groups in total. The molecule has 3 aromatic rings. The number of anilines is 1. The molecule has 0 aliphatic carbocycles. The van der Waals surface area contributed by atoms with Gasteiger partial charge in [0.2, 0.25) is 5.91 Å². The number of carbonyl (C=O) groups is 3. The van der Waals surface area contributed by atoms with Crippen LogP contribution in [-0.4, -0.2) is 49.1 Å². The number of urea groups is 1. The lowest BCUT2D eigenvalue weighted by molar-refractivity contribution is -0.134. The molecule has 8 nitrogen and oxygen atoms in total. The van der Waals surface area contributed by atoms with Crippen LogP contribution in [0, 0.1) is 3.57 Å². The number of methoxy groups -OCH3 is 1. The molecule has 0 spiro atoms. The molecule has 10 heteroatoms. The summed E-state index contributed by atoms with van der Waals surface area (Å²) in [7, 11) is 1.59. The average Bonchev–Trinajstić information content (AvgIpc) is 3.19. The van der Waals surface area contributed by atoms with E-state index in [-0.39, 0.29) is 6.42 Å². The van der Waals surface area contributed by atoms with E-state index < -0.39 is 29.9 Å². The molecule has 0 radical (unpaired) electrons. The van der Waals surface area contributed by atoms with Crippen LogP contribution in [-0.2, 0) is 20.7 Å². The van der Waals surface area contributed by atoms with Crippen molar-refractivity contribution in [2.45, 2.75) is 18.5 Å². The molecule has 2 atom stereocenters. The highest BCUT2D eigenvalue weighted by Gasteiger charge is 2.45. The van der Waals surface area contributed by atoms with E-state index in [1.54, 1.807) is 49.6 Å². The number of hydrogen-bond donors (Lipinski definition) is 2. The maximum atomic E-state index is 13.5. The van der Waals surface area contributed by atoms with Crippen molar-refractivity contribution in [2.75, 3.05) is 25.6 Å². The van der Waals surface area contributed by atoms with Crippen molar-refractivity contribution in [3.8, 4) is 5.75 Å². The third-order valence-electron chi connectivity index (χ3n) is 5.82. The number of halogens is 2. The van der Waals surface area contributed by atoms with E-state index in [2.05, 4.69) is 33.2 Å². The van der Waals surface area contributed by atoms with Gasteiger partial charge in [-0.2, -0.15) is 0 Å². The van der Waals surface area contributed by atoms with Crippen LogP contribution in [0.5, 0.6) is 5.75 Å². The van der Waals surface area contributed by atoms with Gasteiger partial charge in [0.25, 0.3) is 5.91 Å². The van der Waals surface area contributed by atoms with E-state index in [1.165, 1.54) is 0 Å². The first-order valence-electron chi connectivity index (χ1n) is 11.5. The van der Waals surface area contributed by atoms with Gasteiger partial charge in [-0.1, -0.05) is 54.1 Å². The number of nitrogens with one attached hydrogen (secondary N) is 2. The minimum atomic E-state index is -1.09. The molecule has 0 aromatic heterocycles. The molecule has 1 fully saturated rings. The maximum Gasteiger partial charge on any atom is 0.325 e. The van der Waals surface area contributed by atoms with Crippen LogP contribution < -0.4 is 15.4 Å². The third kappa shape index (κ3) is 6.60. The summed E-state index contributed by atoms with van der Waals surface area (Å²) in [6, 6.07) is 18.7. The van der Waals surface area contributed by atoms with Crippen LogP contribution in [0.1, 0.15) is 17.2 Å². The Bertz CT molecular complexity index is 1270. The fraction of sp³-hybridized carbons (Fsp3) is 0.222. The topological polar surface area (TPSA) is 97.0 Å². The Kier molecular flexibility index (Phi) is 9.01. The Morgan fingerprint density at radius 2 is 1.81 bits per heavy atom. The fourth-order valence-electron chi connectivity index (χ4n) is 3.96. The molecule has 1 aliphatic heterocycles. The summed E-state index contributed by atoms with van der Waals surface area (Å²) >= 11 is 8.44. The second-order valence-electron chi connectivity index (χ2n) is 8.32. The zero-order valence-electron chi connectivity index (χ0n) is 19.9. The number of benzene rings is 3. The molecule has 192 valence electrons. The van der Waals surface area contributed by atoms with Crippen LogP contribution in [0.3, 0.4) is 0 Å². The van der Waals surface area contributed by atoms with Crippen molar-refractivity contribution in [1.29, 1.82) is 0 Å². The highest BCUT2D eigenvalue weighted by Crippen LogP contribution is 2.28. The minimum absolute atomic E-state index is 0.146. The fourth-order valence-corrected chi connectivity index (χ4v) is 4.86. The van der Waals surface area contributed by atoms with Gasteiger partial charge >= 0.3 is 6.03 Å². The first-order chi connectivity index (χ1) is 17.9. The Labute approximate surface area is 233 Å². The molecule has 0 saturated carbocycles. The molecule has 37 heavy (non-hydrogen) atoms. The van der Waals surface area contributed by atoms with Gasteiger partial charge in [0.15, 0.2) is 0 Å².